The van der Waals surface area contributed by atoms with Gasteiger partial charge in [-0.15, -0.1) is 0 Å². The van der Waals surface area contributed by atoms with E-state index in [0.29, 0.717) is 97.6 Å². The molecule has 0 radical (unpaired) electrons. The normalized spacial score (nSPS) is 24.1. The molecule has 21 heteroatoms. The molecule has 0 bridgehead atoms. The molecule has 1 saturated carbocycles. The summed E-state index contributed by atoms with van der Waals surface area (Å²) >= 11 is 0. The highest BCUT2D eigenvalue weighted by molar-refractivity contribution is 7.46. The molecule has 6 aliphatic rings. The number of nitrogens with one attached hydrogen (secondary N) is 2. The second kappa shape index (κ2) is 20.8. The van der Waals surface area contributed by atoms with E-state index in [4.69, 9.17) is 9.51 Å². The van der Waals surface area contributed by atoms with Crippen molar-refractivity contribution < 1.29 is 38.4 Å². The molecule has 3 atom stereocenters. The molecule has 11 rings (SSSR count). The third-order valence-electron chi connectivity index (χ3n) is 17.5. The first-order chi connectivity index (χ1) is 37.6. The number of carbonyl (C=O) groups excluding carboxylic acids is 3. The van der Waals surface area contributed by atoms with Crippen LogP contribution in [-0.2, 0) is 53.5 Å². The Bertz CT molecular complexity index is 3380. The van der Waals surface area contributed by atoms with Crippen LogP contribution in [0.3, 0.4) is 0 Å². The molecule has 2 saturated heterocycles. The fourth-order valence-electron chi connectivity index (χ4n) is 13.6. The van der Waals surface area contributed by atoms with Crippen LogP contribution in [-0.4, -0.2) is 124 Å². The lowest BCUT2D eigenvalue weighted by Crippen LogP contribution is -2.58. The maximum Gasteiger partial charge on any atom is 0.470 e. The lowest BCUT2D eigenvalue weighted by atomic mass is 9.83. The van der Waals surface area contributed by atoms with Crippen LogP contribution in [0.2, 0.25) is 0 Å². The van der Waals surface area contributed by atoms with E-state index in [9.17, 15) is 38.6 Å². The predicted molar refractivity (Wildman–Crippen MR) is 303 cm³/mol. The first kappa shape index (κ1) is 54.3. The number of anilines is 6. The summed E-state index contributed by atoms with van der Waals surface area (Å²) in [5, 5.41) is 17.1. The zero-order valence-corrected chi connectivity index (χ0v) is 46.8. The van der Waals surface area contributed by atoms with Crippen molar-refractivity contribution in [2.24, 2.45) is 12.5 Å². The molecule has 20 nitrogen and oxygen atoms in total. The van der Waals surface area contributed by atoms with Crippen molar-refractivity contribution in [3.63, 3.8) is 0 Å². The number of pyridine rings is 1. The molecular formula is C58H72N11O9P. The zero-order chi connectivity index (χ0) is 55.9. The van der Waals surface area contributed by atoms with Crippen molar-refractivity contribution >= 4 is 59.9 Å². The van der Waals surface area contributed by atoms with E-state index in [2.05, 4.69) is 75.2 Å². The number of piperidine rings is 1. The Hall–Kier alpha value is -6.67. The number of amides is 3. The second-order valence-corrected chi connectivity index (χ2v) is 24.8. The summed E-state index contributed by atoms with van der Waals surface area (Å²) in [6, 6.07) is 15.9. The summed E-state index contributed by atoms with van der Waals surface area (Å²) in [5.41, 5.74) is 7.95. The van der Waals surface area contributed by atoms with Gasteiger partial charge in [-0.2, -0.15) is 0 Å². The third kappa shape index (κ3) is 10.4. The largest absolute Gasteiger partial charge is 0.470 e. The Kier molecular flexibility index (Phi) is 14.3. The number of aliphatic hydroxyl groups is 1. The number of aliphatic hydroxyl groups excluding tert-OH is 1. The summed E-state index contributed by atoms with van der Waals surface area (Å²) < 4.78 is 20.4. The van der Waals surface area contributed by atoms with Crippen LogP contribution in [0.1, 0.15) is 116 Å². The van der Waals surface area contributed by atoms with Gasteiger partial charge in [-0.05, 0) is 132 Å². The van der Waals surface area contributed by atoms with Gasteiger partial charge in [0, 0.05) is 129 Å². The fraction of sp³-hybridized carbons (Fsp3) is 0.483. The second-order valence-electron chi connectivity index (χ2n) is 23.6. The van der Waals surface area contributed by atoms with E-state index in [-0.39, 0.29) is 47.1 Å². The lowest BCUT2D eigenvalue weighted by molar-refractivity contribution is -0.111. The minimum Gasteiger partial charge on any atom is -0.392 e. The molecule has 7 heterocycles. The number of nitrogens with zero attached hydrogens (tertiary/aromatic N) is 9. The van der Waals surface area contributed by atoms with Crippen LogP contribution in [0.15, 0.2) is 78.4 Å². The number of hydrogen-bond donors (Lipinski definition) is 5. The predicted octanol–water partition coefficient (Wildman–Crippen LogP) is 7.12. The molecule has 3 fully saturated rings. The molecule has 0 spiro atoms. The minimum atomic E-state index is -4.64. The van der Waals surface area contributed by atoms with Crippen LogP contribution >= 0.6 is 7.82 Å². The fourth-order valence-corrected chi connectivity index (χ4v) is 14.4. The maximum atomic E-state index is 14.1. The van der Waals surface area contributed by atoms with Crippen LogP contribution in [0.5, 0.6) is 0 Å². The number of aromatic nitrogens is 4. The van der Waals surface area contributed by atoms with E-state index in [1.54, 1.807) is 43.4 Å². The average Bonchev–Trinajstić information content (AvgIpc) is 4.29. The number of hydrogen-bond acceptors (Lipinski definition) is 13. The molecule has 79 heavy (non-hydrogen) atoms. The van der Waals surface area contributed by atoms with Gasteiger partial charge in [-0.1, -0.05) is 26.5 Å². The molecule has 3 aromatic heterocycles. The van der Waals surface area contributed by atoms with Gasteiger partial charge in [-0.3, -0.25) is 33.5 Å². The van der Waals surface area contributed by atoms with Crippen LogP contribution < -0.4 is 30.9 Å². The van der Waals surface area contributed by atoms with Gasteiger partial charge in [0.15, 0.2) is 5.82 Å². The Morgan fingerprint density at radius 3 is 2.38 bits per heavy atom. The van der Waals surface area contributed by atoms with Gasteiger partial charge in [0.2, 0.25) is 5.91 Å². The monoisotopic (exact) mass is 1100 g/mol. The molecular weight excluding hydrogens is 1030 g/mol. The number of fused-ring (bicyclic) bond motifs is 4. The highest BCUT2D eigenvalue weighted by Gasteiger charge is 2.44. The van der Waals surface area contributed by atoms with Crippen LogP contribution in [0, 0.1) is 5.41 Å². The third-order valence-corrected chi connectivity index (χ3v) is 18.2. The molecule has 4 aliphatic heterocycles. The molecule has 1 unspecified atom stereocenters. The number of carbonyl (C=O) groups is 3. The number of phosphoric acid groups is 1. The Labute approximate surface area is 460 Å². The average molecular weight is 1100 g/mol. The van der Waals surface area contributed by atoms with E-state index in [0.717, 1.165) is 67.8 Å². The first-order valence-electron chi connectivity index (χ1n) is 27.6. The smallest absolute Gasteiger partial charge is 0.392 e. The Morgan fingerprint density at radius 1 is 0.886 bits per heavy atom. The SMILES string of the molecule is C=CC(=O)Nc1cc(Nc2nc(-c3ccnc(N4CCn5c(cc6c5CC(C)(C)C6)C4=O)c3CO)cn(C)c2=O)ccc1N1CCN(C2CCN(c3cccc4c3CN(C3CCC(C)(OP(=O)(O)O)CC3)C4=O)[C@H](C)C2)C[C@@H]1C. The minimum absolute atomic E-state index is 0.00708. The molecule has 2 aliphatic carbocycles. The summed E-state index contributed by atoms with van der Waals surface area (Å²) in [6.07, 6.45) is 10.3. The van der Waals surface area contributed by atoms with Gasteiger partial charge in [0.25, 0.3) is 17.4 Å². The van der Waals surface area contributed by atoms with Crippen molar-refractivity contribution in [3.05, 3.63) is 118 Å². The van der Waals surface area contributed by atoms with E-state index in [1.807, 2.05) is 35.2 Å². The summed E-state index contributed by atoms with van der Waals surface area (Å²) in [4.78, 5) is 94.1. The van der Waals surface area contributed by atoms with E-state index in [1.165, 1.54) is 21.9 Å². The molecule has 3 amide bonds. The summed E-state index contributed by atoms with van der Waals surface area (Å²) in [5.74, 6) is -0.177. The van der Waals surface area contributed by atoms with Crippen molar-refractivity contribution in [1.29, 1.82) is 0 Å². The number of phosphoric ester groups is 1. The highest BCUT2D eigenvalue weighted by atomic mass is 31.2. The molecule has 5 N–H and O–H groups in total. The summed E-state index contributed by atoms with van der Waals surface area (Å²) in [6.45, 7) is 18.6. The Morgan fingerprint density at radius 2 is 1.66 bits per heavy atom. The lowest BCUT2D eigenvalue weighted by Gasteiger charge is -2.48. The van der Waals surface area contributed by atoms with Crippen molar-refractivity contribution in [2.45, 2.75) is 135 Å². The first-order valence-corrected chi connectivity index (χ1v) is 29.2. The van der Waals surface area contributed by atoms with Gasteiger partial charge in [0.1, 0.15) is 11.5 Å². The number of benzene rings is 2. The van der Waals surface area contributed by atoms with Gasteiger partial charge < -0.3 is 49.4 Å². The van der Waals surface area contributed by atoms with Gasteiger partial charge in [0.05, 0.1) is 29.3 Å². The maximum absolute atomic E-state index is 14.1. The van der Waals surface area contributed by atoms with Gasteiger partial charge in [-0.25, -0.2) is 14.5 Å². The Balaban J connectivity index is 0.761. The van der Waals surface area contributed by atoms with Crippen molar-refractivity contribution in [1.82, 2.24) is 28.9 Å². The molecule has 2 aromatic carbocycles. The van der Waals surface area contributed by atoms with Crippen LogP contribution in [0.4, 0.5) is 34.4 Å². The van der Waals surface area contributed by atoms with Crippen LogP contribution in [0.25, 0.3) is 11.3 Å². The standard InChI is InChI=1S/C58H72N11O9P/c1-8-51(71)61-45-28-38(60-52-56(74)63(7)33-46(62-52)41-16-20-59-53(44(41)34-70)68-25-24-67-49(55(68)73)27-37-29-57(4,5)30-50(37)67)12-13-48(45)66-23-22-64(31-36(66)3)40-17-21-65(35(2)26-40)47-11-9-10-42-43(47)32-69(54(42)72)39-14-18-58(6,19-15-39)78-79(75,76)77/h8-13,16,20,27-28,33,35-36,39-40,70H,1,14-15,17-19,21-26,29-32,34H2,2-7H3,(H,60,62)(H,61,71)(H2,75,76,77)/t35-,36+,39?,40?,58?/m1/s1. The molecule has 5 aromatic rings. The van der Waals surface area contributed by atoms with Crippen molar-refractivity contribution in [3.8, 4) is 11.3 Å². The van der Waals surface area contributed by atoms with Crippen molar-refractivity contribution in [2.75, 3.05) is 58.1 Å². The topological polar surface area (TPSA) is 231 Å². The number of rotatable bonds is 13. The zero-order valence-electron chi connectivity index (χ0n) is 45.9. The summed E-state index contributed by atoms with van der Waals surface area (Å²) in [7, 11) is -3.01. The van der Waals surface area contributed by atoms with E-state index < -0.39 is 25.6 Å². The highest BCUT2D eigenvalue weighted by Crippen LogP contribution is 2.48. The molecule has 418 valence electrons. The van der Waals surface area contributed by atoms with E-state index >= 15 is 0 Å². The number of aryl methyl sites for hydroxylation is 1. The quantitative estimate of drug-likeness (QED) is 0.0584. The van der Waals surface area contributed by atoms with Gasteiger partial charge >= 0.3 is 7.82 Å². The number of piperazine rings is 1.